The second-order valence-electron chi connectivity index (χ2n) is 5.65. The van der Waals surface area contributed by atoms with Crippen LogP contribution in [0.15, 0.2) is 24.3 Å². The predicted molar refractivity (Wildman–Crippen MR) is 74.8 cm³/mol. The molecule has 0 heterocycles. The lowest BCUT2D eigenvalue weighted by Gasteiger charge is -2.31. The molecule has 2 rings (SSSR count). The third-order valence-corrected chi connectivity index (χ3v) is 4.24. The first-order valence-corrected chi connectivity index (χ1v) is 6.84. The molecule has 1 amide bonds. The van der Waals surface area contributed by atoms with Crippen molar-refractivity contribution < 1.29 is 32.6 Å². The number of anilines is 1. The highest BCUT2D eigenvalue weighted by Gasteiger charge is 2.57. The van der Waals surface area contributed by atoms with Crippen molar-refractivity contribution >= 4 is 17.6 Å². The van der Waals surface area contributed by atoms with Crippen molar-refractivity contribution in [2.24, 2.45) is 5.41 Å². The van der Waals surface area contributed by atoms with Gasteiger partial charge in [-0.2, -0.15) is 13.2 Å². The topological polar surface area (TPSA) is 75.6 Å². The summed E-state index contributed by atoms with van der Waals surface area (Å²) in [5, 5.41) is 11.4. The molecule has 1 unspecified atom stereocenters. The van der Waals surface area contributed by atoms with E-state index in [-0.39, 0.29) is 24.1 Å². The zero-order valence-corrected chi connectivity index (χ0v) is 12.5. The Morgan fingerprint density at radius 2 is 1.74 bits per heavy atom. The number of alkyl halides is 3. The first-order chi connectivity index (χ1) is 10.6. The fraction of sp³-hybridized carbons (Fsp3) is 0.467. The Morgan fingerprint density at radius 3 is 2.09 bits per heavy atom. The minimum Gasteiger partial charge on any atom is -0.480 e. The van der Waals surface area contributed by atoms with Gasteiger partial charge in [-0.15, -0.1) is 0 Å². The largest absolute Gasteiger partial charge is 0.480 e. The molecular weight excluding hydrogens is 315 g/mol. The van der Waals surface area contributed by atoms with Gasteiger partial charge < -0.3 is 15.2 Å². The number of carboxylic acid groups (broad SMARTS) is 1. The molecule has 1 aliphatic rings. The van der Waals surface area contributed by atoms with Crippen molar-refractivity contribution in [2.45, 2.75) is 31.5 Å². The van der Waals surface area contributed by atoms with Crippen LogP contribution in [0.4, 0.5) is 18.9 Å². The third-order valence-electron chi connectivity index (χ3n) is 4.24. The van der Waals surface area contributed by atoms with E-state index in [0.29, 0.717) is 0 Å². The molecular formula is C15H16F3NO4. The number of amides is 1. The van der Waals surface area contributed by atoms with Crippen molar-refractivity contribution in [2.75, 3.05) is 12.4 Å². The Bertz CT molecular complexity index is 623. The van der Waals surface area contributed by atoms with Gasteiger partial charge >= 0.3 is 12.1 Å². The summed E-state index contributed by atoms with van der Waals surface area (Å²) in [5.74, 6) is -1.86. The van der Waals surface area contributed by atoms with Crippen molar-refractivity contribution in [1.82, 2.24) is 0 Å². The van der Waals surface area contributed by atoms with E-state index in [1.807, 2.05) is 0 Å². The van der Waals surface area contributed by atoms with Gasteiger partial charge in [0, 0.05) is 12.8 Å². The molecule has 2 N–H and O–H groups in total. The van der Waals surface area contributed by atoms with E-state index < -0.39 is 29.1 Å². The molecule has 1 atom stereocenters. The summed E-state index contributed by atoms with van der Waals surface area (Å²) in [4.78, 5) is 23.0. The van der Waals surface area contributed by atoms with Gasteiger partial charge in [0.15, 0.2) is 5.60 Å². The average Bonchev–Trinajstić information content (AvgIpc) is 3.27. The summed E-state index contributed by atoms with van der Waals surface area (Å²) in [6.45, 7) is 0.907. The number of halogens is 3. The molecule has 5 nitrogen and oxygen atoms in total. The number of ether oxygens (including phenoxy) is 1. The van der Waals surface area contributed by atoms with Gasteiger partial charge in [-0.05, 0) is 37.5 Å². The van der Waals surface area contributed by atoms with Crippen LogP contribution in [-0.4, -0.2) is 30.3 Å². The van der Waals surface area contributed by atoms with Crippen molar-refractivity contribution in [3.8, 4) is 0 Å². The molecule has 0 saturated heterocycles. The monoisotopic (exact) mass is 331 g/mol. The number of benzene rings is 1. The predicted octanol–water partition coefficient (Wildman–Crippen LogP) is 2.91. The van der Waals surface area contributed by atoms with E-state index in [2.05, 4.69) is 10.1 Å². The number of carboxylic acids is 1. The molecule has 1 aliphatic carbocycles. The van der Waals surface area contributed by atoms with Crippen LogP contribution in [0.25, 0.3) is 0 Å². The van der Waals surface area contributed by atoms with Crippen LogP contribution in [0.3, 0.4) is 0 Å². The summed E-state index contributed by atoms with van der Waals surface area (Å²) in [5.41, 5.74) is -3.77. The smallest absolute Gasteiger partial charge is 0.421 e. The number of carbonyl (C=O) groups excluding carboxylic acids is 1. The maximum absolute atomic E-state index is 13.1. The normalized spacial score (nSPS) is 18.8. The van der Waals surface area contributed by atoms with Gasteiger partial charge in [0.05, 0.1) is 0 Å². The lowest BCUT2D eigenvalue weighted by atomic mass is 9.94. The summed E-state index contributed by atoms with van der Waals surface area (Å²) in [7, 11) is 0.965. The number of carbonyl (C=O) groups is 2. The molecule has 1 aromatic carbocycles. The number of aliphatic carboxylic acids is 1. The van der Waals surface area contributed by atoms with E-state index in [4.69, 9.17) is 5.11 Å². The molecule has 1 aromatic rings. The number of nitrogens with one attached hydrogen (secondary N) is 1. The fourth-order valence-corrected chi connectivity index (χ4v) is 2.18. The molecule has 1 saturated carbocycles. The highest BCUT2D eigenvalue weighted by Crippen LogP contribution is 2.47. The molecule has 0 aromatic heterocycles. The second-order valence-corrected chi connectivity index (χ2v) is 5.65. The van der Waals surface area contributed by atoms with Crippen LogP contribution < -0.4 is 5.32 Å². The van der Waals surface area contributed by atoms with Crippen molar-refractivity contribution in [3.63, 3.8) is 0 Å². The minimum absolute atomic E-state index is 0.120. The van der Waals surface area contributed by atoms with Crippen LogP contribution in [0.5, 0.6) is 0 Å². The standard InChI is InChI=1S/C15H16F3NO4/c1-13(23-2,15(16,17)18)9-3-5-10(6-4-9)19-11(20)14(7-8-14)12(21)22/h3-6H,7-8H2,1-2H3,(H,19,20)(H,21,22). The van der Waals surface area contributed by atoms with Gasteiger partial charge in [0.25, 0.3) is 0 Å². The highest BCUT2D eigenvalue weighted by molar-refractivity contribution is 6.10. The Balaban J connectivity index is 2.17. The lowest BCUT2D eigenvalue weighted by Crippen LogP contribution is -2.41. The lowest BCUT2D eigenvalue weighted by molar-refractivity contribution is -0.269. The van der Waals surface area contributed by atoms with E-state index in [1.165, 1.54) is 24.3 Å². The van der Waals surface area contributed by atoms with Crippen LogP contribution in [0, 0.1) is 5.41 Å². The zero-order chi connectivity index (χ0) is 17.5. The van der Waals surface area contributed by atoms with E-state index >= 15 is 0 Å². The van der Waals surface area contributed by atoms with Crippen molar-refractivity contribution in [3.05, 3.63) is 29.8 Å². The first kappa shape index (κ1) is 17.3. The van der Waals surface area contributed by atoms with Crippen LogP contribution in [0.1, 0.15) is 25.3 Å². The summed E-state index contributed by atoms with van der Waals surface area (Å²) in [6.07, 6.45) is -4.10. The number of hydrogen-bond acceptors (Lipinski definition) is 3. The molecule has 0 bridgehead atoms. The van der Waals surface area contributed by atoms with Crippen molar-refractivity contribution in [1.29, 1.82) is 0 Å². The highest BCUT2D eigenvalue weighted by atomic mass is 19.4. The van der Waals surface area contributed by atoms with E-state index in [1.54, 1.807) is 0 Å². The maximum atomic E-state index is 13.1. The number of methoxy groups -OCH3 is 1. The van der Waals surface area contributed by atoms with Gasteiger partial charge in [0.2, 0.25) is 5.91 Å². The zero-order valence-electron chi connectivity index (χ0n) is 12.5. The SMILES string of the molecule is COC(C)(c1ccc(NC(=O)C2(C(=O)O)CC2)cc1)C(F)(F)F. The van der Waals surface area contributed by atoms with E-state index in [0.717, 1.165) is 14.0 Å². The maximum Gasteiger partial charge on any atom is 0.421 e. The Labute approximate surface area is 130 Å². The molecule has 0 radical (unpaired) electrons. The van der Waals surface area contributed by atoms with E-state index in [9.17, 15) is 22.8 Å². The molecule has 0 aliphatic heterocycles. The minimum atomic E-state index is -4.60. The second kappa shape index (κ2) is 5.52. The fourth-order valence-electron chi connectivity index (χ4n) is 2.18. The van der Waals surface area contributed by atoms with Gasteiger partial charge in [-0.3, -0.25) is 9.59 Å². The van der Waals surface area contributed by atoms with Gasteiger partial charge in [-0.25, -0.2) is 0 Å². The molecule has 0 spiro atoms. The quantitative estimate of drug-likeness (QED) is 0.814. The molecule has 1 fully saturated rings. The first-order valence-electron chi connectivity index (χ1n) is 6.84. The van der Waals surface area contributed by atoms with Gasteiger partial charge in [-0.1, -0.05) is 12.1 Å². The summed E-state index contributed by atoms with van der Waals surface area (Å²) < 4.78 is 43.9. The number of hydrogen-bond donors (Lipinski definition) is 2. The molecule has 126 valence electrons. The Morgan fingerprint density at radius 1 is 1.22 bits per heavy atom. The molecule has 23 heavy (non-hydrogen) atoms. The average molecular weight is 331 g/mol. The van der Waals surface area contributed by atoms with Crippen LogP contribution >= 0.6 is 0 Å². The van der Waals surface area contributed by atoms with Crippen LogP contribution in [-0.2, 0) is 19.9 Å². The molecule has 8 heteroatoms. The summed E-state index contributed by atoms with van der Waals surface area (Å²) >= 11 is 0. The number of rotatable bonds is 5. The van der Waals surface area contributed by atoms with Gasteiger partial charge in [0.1, 0.15) is 5.41 Å². The third kappa shape index (κ3) is 2.90. The summed E-state index contributed by atoms with van der Waals surface area (Å²) in [6, 6.07) is 4.95. The Kier molecular flexibility index (Phi) is 4.14. The van der Waals surface area contributed by atoms with Crippen LogP contribution in [0.2, 0.25) is 0 Å². The Hall–Kier alpha value is -2.09.